The van der Waals surface area contributed by atoms with Gasteiger partial charge in [-0.3, -0.25) is 4.79 Å². The van der Waals surface area contributed by atoms with E-state index in [1.165, 1.54) is 31.3 Å². The second kappa shape index (κ2) is 3.85. The molecule has 18 heavy (non-hydrogen) atoms. The molecule has 0 radical (unpaired) electrons. The predicted octanol–water partition coefficient (Wildman–Crippen LogP) is 3.92. The summed E-state index contributed by atoms with van der Waals surface area (Å²) in [5, 5.41) is 0. The van der Waals surface area contributed by atoms with E-state index in [1.54, 1.807) is 6.26 Å². The van der Waals surface area contributed by atoms with E-state index in [4.69, 9.17) is 4.74 Å². The second-order valence-corrected chi connectivity index (χ2v) is 7.27. The predicted molar refractivity (Wildman–Crippen MR) is 70.7 cm³/mol. The highest BCUT2D eigenvalue weighted by Crippen LogP contribution is 2.72. The third-order valence-corrected chi connectivity index (χ3v) is 6.45. The quantitative estimate of drug-likeness (QED) is 0.547. The molecule has 0 aromatic heterocycles. The molecule has 0 aromatic carbocycles. The van der Waals surface area contributed by atoms with Crippen LogP contribution in [0.5, 0.6) is 0 Å². The van der Waals surface area contributed by atoms with E-state index < -0.39 is 0 Å². The number of hydrogen-bond acceptors (Lipinski definition) is 2. The first-order chi connectivity index (χ1) is 8.52. The Morgan fingerprint density at radius 3 is 2.83 bits per heavy atom. The van der Waals surface area contributed by atoms with Gasteiger partial charge < -0.3 is 4.74 Å². The van der Waals surface area contributed by atoms with E-state index in [0.29, 0.717) is 17.3 Å². The molecule has 3 fully saturated rings. The highest BCUT2D eigenvalue weighted by molar-refractivity contribution is 5.39. The van der Waals surface area contributed by atoms with Crippen LogP contribution in [-0.4, -0.2) is 6.47 Å². The van der Waals surface area contributed by atoms with Gasteiger partial charge in [-0.25, -0.2) is 0 Å². The normalized spacial score (nSPS) is 47.1. The molecule has 2 nitrogen and oxygen atoms in total. The van der Waals surface area contributed by atoms with Gasteiger partial charge in [-0.1, -0.05) is 20.8 Å². The Labute approximate surface area is 110 Å². The summed E-state index contributed by atoms with van der Waals surface area (Å²) in [4.78, 5) is 10.4. The summed E-state index contributed by atoms with van der Waals surface area (Å²) in [5.41, 5.74) is 2.23. The van der Waals surface area contributed by atoms with Gasteiger partial charge in [-0.05, 0) is 66.3 Å². The maximum Gasteiger partial charge on any atom is 0.297 e. The lowest BCUT2D eigenvalue weighted by Crippen LogP contribution is -2.28. The molecule has 2 heteroatoms. The zero-order valence-electron chi connectivity index (χ0n) is 11.7. The Hall–Kier alpha value is -0.790. The largest absolute Gasteiger partial charge is 0.437 e. The van der Waals surface area contributed by atoms with Crippen LogP contribution in [-0.2, 0) is 9.53 Å². The summed E-state index contributed by atoms with van der Waals surface area (Å²) in [5.74, 6) is 2.49. The molecule has 0 heterocycles. The Morgan fingerprint density at radius 2 is 2.11 bits per heavy atom. The molecule has 2 bridgehead atoms. The van der Waals surface area contributed by atoms with Crippen molar-refractivity contribution in [3.8, 4) is 0 Å². The van der Waals surface area contributed by atoms with Crippen LogP contribution in [0.15, 0.2) is 11.8 Å². The molecular weight excluding hydrogens is 224 g/mol. The van der Waals surface area contributed by atoms with Crippen LogP contribution < -0.4 is 0 Å². The van der Waals surface area contributed by atoms with Gasteiger partial charge in [0.05, 0.1) is 6.26 Å². The third-order valence-electron chi connectivity index (χ3n) is 6.45. The molecule has 0 N–H and O–H groups in total. The highest BCUT2D eigenvalue weighted by Gasteiger charge is 2.64. The summed E-state index contributed by atoms with van der Waals surface area (Å²) in [7, 11) is 0. The zero-order valence-corrected chi connectivity index (χ0v) is 11.7. The summed E-state index contributed by atoms with van der Waals surface area (Å²) < 4.78 is 4.96. The Morgan fingerprint density at radius 1 is 1.33 bits per heavy atom. The van der Waals surface area contributed by atoms with Crippen LogP contribution >= 0.6 is 0 Å². The first-order valence-electron chi connectivity index (χ1n) is 7.31. The number of rotatable bonds is 2. The van der Waals surface area contributed by atoms with Gasteiger partial charge in [0.2, 0.25) is 0 Å². The summed E-state index contributed by atoms with van der Waals surface area (Å²) in [6.07, 6.45) is 8.13. The molecule has 3 aliphatic carbocycles. The fourth-order valence-electron chi connectivity index (χ4n) is 5.66. The molecule has 3 aliphatic rings. The van der Waals surface area contributed by atoms with Gasteiger partial charge in [-0.15, -0.1) is 0 Å². The Balaban J connectivity index is 2.00. The van der Waals surface area contributed by atoms with Crippen molar-refractivity contribution in [2.45, 2.75) is 52.9 Å². The average Bonchev–Trinajstić information content (AvgIpc) is 2.76. The van der Waals surface area contributed by atoms with Crippen molar-refractivity contribution in [1.82, 2.24) is 0 Å². The molecule has 3 saturated carbocycles. The van der Waals surface area contributed by atoms with Crippen molar-refractivity contribution < 1.29 is 9.53 Å². The van der Waals surface area contributed by atoms with E-state index in [-0.39, 0.29) is 0 Å². The van der Waals surface area contributed by atoms with Crippen molar-refractivity contribution >= 4 is 6.47 Å². The minimum Gasteiger partial charge on any atom is -0.437 e. The third kappa shape index (κ3) is 1.38. The smallest absolute Gasteiger partial charge is 0.297 e. The van der Waals surface area contributed by atoms with Crippen LogP contribution in [0.4, 0.5) is 0 Å². The van der Waals surface area contributed by atoms with Crippen LogP contribution in [0.2, 0.25) is 0 Å². The van der Waals surface area contributed by atoms with E-state index in [1.807, 2.05) is 0 Å². The van der Waals surface area contributed by atoms with Crippen LogP contribution in [0.1, 0.15) is 52.9 Å². The molecule has 0 aliphatic heterocycles. The van der Waals surface area contributed by atoms with Gasteiger partial charge in [0, 0.05) is 0 Å². The van der Waals surface area contributed by atoms with Gasteiger partial charge in [-0.2, -0.15) is 0 Å². The molecule has 0 saturated heterocycles. The fraction of sp³-hybridized carbons (Fsp3) is 0.812. The standard InChI is InChI=1S/C16H24O2/c1-11-6-7-16-8-13(11)15(2,3)14(16)5-4-12(16)9-18-10-17/h9-11,13-14H,4-8H2,1-3H3/t11-,13-,14+,16-/m1/s1. The van der Waals surface area contributed by atoms with Crippen molar-refractivity contribution in [3.05, 3.63) is 11.8 Å². The maximum absolute atomic E-state index is 10.4. The SMILES string of the molecule is C[C@@H]1CC[C@]23C[C@H]1C(C)(C)[C@@H]2CCC3=COC=O. The lowest BCUT2D eigenvalue weighted by Gasteiger charge is -2.37. The molecule has 0 unspecified atom stereocenters. The summed E-state index contributed by atoms with van der Waals surface area (Å²) in [6.45, 7) is 7.91. The van der Waals surface area contributed by atoms with Crippen molar-refractivity contribution in [2.24, 2.45) is 28.6 Å². The maximum atomic E-state index is 10.4. The van der Waals surface area contributed by atoms with E-state index in [9.17, 15) is 4.79 Å². The van der Waals surface area contributed by atoms with E-state index in [0.717, 1.165) is 24.2 Å². The number of ether oxygens (including phenoxy) is 1. The van der Waals surface area contributed by atoms with Gasteiger partial charge >= 0.3 is 0 Å². The molecular formula is C16H24O2. The van der Waals surface area contributed by atoms with Crippen LogP contribution in [0.25, 0.3) is 0 Å². The van der Waals surface area contributed by atoms with Crippen LogP contribution in [0.3, 0.4) is 0 Å². The average molecular weight is 248 g/mol. The highest BCUT2D eigenvalue weighted by atomic mass is 16.5. The Bertz CT molecular complexity index is 396. The molecule has 100 valence electrons. The molecule has 0 aromatic rings. The second-order valence-electron chi connectivity index (χ2n) is 7.27. The molecule has 4 atom stereocenters. The van der Waals surface area contributed by atoms with Crippen LogP contribution in [0, 0.1) is 28.6 Å². The lowest BCUT2D eigenvalue weighted by atomic mass is 9.68. The number of carbonyl (C=O) groups is 1. The molecule has 3 rings (SSSR count). The lowest BCUT2D eigenvalue weighted by molar-refractivity contribution is -0.123. The summed E-state index contributed by atoms with van der Waals surface area (Å²) in [6, 6.07) is 0. The number of allylic oxidation sites excluding steroid dienone is 1. The fourth-order valence-corrected chi connectivity index (χ4v) is 5.66. The number of fused-ring (bicyclic) bond motifs is 1. The molecule has 1 spiro atoms. The molecule has 0 amide bonds. The monoisotopic (exact) mass is 248 g/mol. The Kier molecular flexibility index (Phi) is 2.62. The zero-order chi connectivity index (χ0) is 13.0. The van der Waals surface area contributed by atoms with E-state index in [2.05, 4.69) is 20.8 Å². The van der Waals surface area contributed by atoms with Crippen molar-refractivity contribution in [2.75, 3.05) is 0 Å². The topological polar surface area (TPSA) is 26.3 Å². The van der Waals surface area contributed by atoms with Gasteiger partial charge in [0.1, 0.15) is 0 Å². The van der Waals surface area contributed by atoms with Gasteiger partial charge in [0.15, 0.2) is 0 Å². The number of carbonyl (C=O) groups excluding carboxylic acids is 1. The van der Waals surface area contributed by atoms with Gasteiger partial charge in [0.25, 0.3) is 6.47 Å². The minimum atomic E-state index is 0.365. The van der Waals surface area contributed by atoms with E-state index >= 15 is 0 Å². The minimum absolute atomic E-state index is 0.365. The summed E-state index contributed by atoms with van der Waals surface area (Å²) >= 11 is 0. The van der Waals surface area contributed by atoms with Crippen molar-refractivity contribution in [3.63, 3.8) is 0 Å². The number of hydrogen-bond donors (Lipinski definition) is 0. The first-order valence-corrected chi connectivity index (χ1v) is 7.31. The van der Waals surface area contributed by atoms with Crippen molar-refractivity contribution in [1.29, 1.82) is 0 Å². The first kappa shape index (κ1) is 12.3.